The van der Waals surface area contributed by atoms with Crippen molar-refractivity contribution in [1.82, 2.24) is 0 Å². The van der Waals surface area contributed by atoms with Crippen LogP contribution in [0.5, 0.6) is 0 Å². The maximum atomic E-state index is 4.75. The van der Waals surface area contributed by atoms with Crippen molar-refractivity contribution in [1.29, 1.82) is 0 Å². The molecule has 0 bridgehead atoms. The minimum absolute atomic E-state index is 0.576. The van der Waals surface area contributed by atoms with Gasteiger partial charge in [0.05, 0.1) is 0 Å². The number of hydrogen-bond acceptors (Lipinski definition) is 1. The maximum Gasteiger partial charge on any atom is 0.226 e. The largest absolute Gasteiger partial charge is 0.324 e. The zero-order chi connectivity index (χ0) is 16.8. The van der Waals surface area contributed by atoms with Crippen molar-refractivity contribution >= 4 is 18.4 Å². The molecule has 0 atom stereocenters. The van der Waals surface area contributed by atoms with Gasteiger partial charge in [-0.1, -0.05) is 23.3 Å². The van der Waals surface area contributed by atoms with E-state index >= 15 is 0 Å². The molecule has 0 aliphatic heterocycles. The van der Waals surface area contributed by atoms with Crippen LogP contribution in [0.25, 0.3) is 0 Å². The van der Waals surface area contributed by atoms with Crippen LogP contribution in [0.4, 0.5) is 5.69 Å². The molecule has 0 unspecified atom stereocenters. The third-order valence-electron chi connectivity index (χ3n) is 4.13. The molecule has 0 heterocycles. The lowest BCUT2D eigenvalue weighted by molar-refractivity contribution is 0.823. The van der Waals surface area contributed by atoms with Gasteiger partial charge in [-0.25, -0.2) is 9.98 Å². The monoisotopic (exact) mass is 309 g/mol. The highest BCUT2D eigenvalue weighted by Gasteiger charge is 2.08. The number of aryl methyl sites for hydroxylation is 2. The molecule has 1 aliphatic carbocycles. The molecule has 0 saturated carbocycles. The molecule has 1 aromatic carbocycles. The summed E-state index contributed by atoms with van der Waals surface area (Å²) in [5.74, 6) is 0.576. The van der Waals surface area contributed by atoms with E-state index < -0.39 is 0 Å². The van der Waals surface area contributed by atoms with E-state index in [1.165, 1.54) is 22.3 Å². The van der Waals surface area contributed by atoms with Gasteiger partial charge in [0.15, 0.2) is 0 Å². The quantitative estimate of drug-likeness (QED) is 0.433. The van der Waals surface area contributed by atoms with Crippen LogP contribution in [-0.4, -0.2) is 12.7 Å². The standard InChI is InChI=1S/C20H27N3/c1-14-7-6-8-17(4)19(10-9-14)23-20(21-5)22-18-12-15(2)11-16(3)13-18/h7,11-13H,5-6,8-10H2,1-4H3,(H,22,23). The highest BCUT2D eigenvalue weighted by atomic mass is 15.1. The number of allylic oxidation sites excluding steroid dienone is 4. The number of rotatable bonds is 2. The summed E-state index contributed by atoms with van der Waals surface area (Å²) in [6.07, 6.45) is 6.51. The average molecular weight is 309 g/mol. The Hall–Kier alpha value is -2.16. The predicted octanol–water partition coefficient (Wildman–Crippen LogP) is 5.57. The molecule has 0 fully saturated rings. The number of anilines is 1. The van der Waals surface area contributed by atoms with Crippen molar-refractivity contribution in [3.8, 4) is 0 Å². The van der Waals surface area contributed by atoms with E-state index in [1.54, 1.807) is 0 Å². The average Bonchev–Trinajstić information content (AvgIpc) is 2.47. The second-order valence-electron chi connectivity index (χ2n) is 6.41. The van der Waals surface area contributed by atoms with Crippen molar-refractivity contribution in [3.05, 3.63) is 52.2 Å². The van der Waals surface area contributed by atoms with Gasteiger partial charge in [0.2, 0.25) is 5.96 Å². The number of benzene rings is 1. The molecule has 2 rings (SSSR count). The smallest absolute Gasteiger partial charge is 0.226 e. The van der Waals surface area contributed by atoms with Crippen LogP contribution in [0.2, 0.25) is 0 Å². The number of nitrogens with zero attached hydrogens (tertiary/aromatic N) is 2. The Morgan fingerprint density at radius 2 is 1.70 bits per heavy atom. The number of hydrogen-bond donors (Lipinski definition) is 1. The Balaban J connectivity index is 2.23. The fourth-order valence-corrected chi connectivity index (χ4v) is 2.87. The molecule has 0 aromatic heterocycles. The second kappa shape index (κ2) is 7.91. The molecular formula is C20H27N3. The Morgan fingerprint density at radius 1 is 1.00 bits per heavy atom. The van der Waals surface area contributed by atoms with Gasteiger partial charge in [-0.15, -0.1) is 0 Å². The lowest BCUT2D eigenvalue weighted by Gasteiger charge is -2.14. The molecule has 0 spiro atoms. The Bertz CT molecular complexity index is 658. The van der Waals surface area contributed by atoms with Crippen LogP contribution >= 0.6 is 0 Å². The summed E-state index contributed by atoms with van der Waals surface area (Å²) < 4.78 is 0. The molecule has 0 amide bonds. The number of nitrogens with one attached hydrogen (secondary N) is 1. The summed E-state index contributed by atoms with van der Waals surface area (Å²) in [7, 11) is 0. The summed E-state index contributed by atoms with van der Waals surface area (Å²) in [6.45, 7) is 12.2. The van der Waals surface area contributed by atoms with Crippen LogP contribution in [-0.2, 0) is 0 Å². The van der Waals surface area contributed by atoms with Crippen LogP contribution < -0.4 is 5.32 Å². The number of guanidine groups is 1. The van der Waals surface area contributed by atoms with Crippen LogP contribution in [0, 0.1) is 13.8 Å². The Morgan fingerprint density at radius 3 is 2.35 bits per heavy atom. The van der Waals surface area contributed by atoms with Gasteiger partial charge >= 0.3 is 0 Å². The van der Waals surface area contributed by atoms with Gasteiger partial charge in [-0.3, -0.25) is 0 Å². The van der Waals surface area contributed by atoms with E-state index in [9.17, 15) is 0 Å². The fraction of sp³-hybridized carbons (Fsp3) is 0.400. The molecule has 122 valence electrons. The van der Waals surface area contributed by atoms with Gasteiger partial charge in [0, 0.05) is 11.4 Å². The third-order valence-corrected chi connectivity index (χ3v) is 4.13. The normalized spacial score (nSPS) is 16.5. The van der Waals surface area contributed by atoms with Gasteiger partial charge in [-0.05, 0) is 83.4 Å². The van der Waals surface area contributed by atoms with Crippen molar-refractivity contribution in [2.45, 2.75) is 53.4 Å². The summed E-state index contributed by atoms with van der Waals surface area (Å²) in [5, 5.41) is 3.30. The highest BCUT2D eigenvalue weighted by Crippen LogP contribution is 2.24. The van der Waals surface area contributed by atoms with Crippen LogP contribution in [0.15, 0.2) is 51.1 Å². The molecule has 1 aromatic rings. The van der Waals surface area contributed by atoms with E-state index in [0.29, 0.717) is 5.96 Å². The molecule has 3 heteroatoms. The molecule has 0 radical (unpaired) electrons. The minimum Gasteiger partial charge on any atom is -0.324 e. The van der Waals surface area contributed by atoms with Crippen molar-refractivity contribution in [3.63, 3.8) is 0 Å². The summed E-state index contributed by atoms with van der Waals surface area (Å²) in [5.41, 5.74) is 7.37. The van der Waals surface area contributed by atoms with E-state index in [4.69, 9.17) is 4.99 Å². The first-order chi connectivity index (χ1) is 11.0. The van der Waals surface area contributed by atoms with Crippen molar-refractivity contribution < 1.29 is 0 Å². The first-order valence-electron chi connectivity index (χ1n) is 8.23. The number of aliphatic imine (C=N–C) groups is 2. The fourth-order valence-electron chi connectivity index (χ4n) is 2.87. The first kappa shape index (κ1) is 17.2. The SMILES string of the molecule is C=NC(=NC1=C(C)CCC=C(C)CC1)Nc1cc(C)cc(C)c1. The third kappa shape index (κ3) is 5.20. The summed E-state index contributed by atoms with van der Waals surface area (Å²) in [6, 6.07) is 6.35. The van der Waals surface area contributed by atoms with Crippen molar-refractivity contribution in [2.24, 2.45) is 9.98 Å². The Kier molecular flexibility index (Phi) is 5.91. The molecule has 0 saturated heterocycles. The second-order valence-corrected chi connectivity index (χ2v) is 6.41. The van der Waals surface area contributed by atoms with Gasteiger partial charge in [0.1, 0.15) is 0 Å². The van der Waals surface area contributed by atoms with E-state index in [0.717, 1.165) is 37.1 Å². The first-order valence-corrected chi connectivity index (χ1v) is 8.23. The molecule has 3 nitrogen and oxygen atoms in total. The van der Waals surface area contributed by atoms with Gasteiger partial charge in [-0.2, -0.15) is 0 Å². The van der Waals surface area contributed by atoms with E-state index in [1.807, 2.05) is 0 Å². The van der Waals surface area contributed by atoms with E-state index in [-0.39, 0.29) is 0 Å². The Labute approximate surface area is 139 Å². The van der Waals surface area contributed by atoms with E-state index in [2.05, 4.69) is 69.0 Å². The minimum atomic E-state index is 0.576. The van der Waals surface area contributed by atoms with Gasteiger partial charge in [0.25, 0.3) is 0 Å². The maximum absolute atomic E-state index is 4.75. The van der Waals surface area contributed by atoms with Crippen molar-refractivity contribution in [2.75, 3.05) is 5.32 Å². The highest BCUT2D eigenvalue weighted by molar-refractivity contribution is 5.97. The predicted molar refractivity (Wildman–Crippen MR) is 101 cm³/mol. The lowest BCUT2D eigenvalue weighted by Crippen LogP contribution is -2.10. The van der Waals surface area contributed by atoms with Crippen LogP contribution in [0.1, 0.15) is 50.7 Å². The molecular weight excluding hydrogens is 282 g/mol. The topological polar surface area (TPSA) is 36.8 Å². The molecule has 1 N–H and O–H groups in total. The summed E-state index contributed by atoms with van der Waals surface area (Å²) >= 11 is 0. The van der Waals surface area contributed by atoms with Crippen LogP contribution in [0.3, 0.4) is 0 Å². The zero-order valence-electron chi connectivity index (χ0n) is 14.7. The molecule has 1 aliphatic rings. The lowest BCUT2D eigenvalue weighted by atomic mass is 9.99. The zero-order valence-corrected chi connectivity index (χ0v) is 14.7. The summed E-state index contributed by atoms with van der Waals surface area (Å²) in [4.78, 5) is 8.84. The molecule has 23 heavy (non-hydrogen) atoms. The van der Waals surface area contributed by atoms with Gasteiger partial charge < -0.3 is 5.32 Å².